The van der Waals surface area contributed by atoms with Crippen molar-refractivity contribution in [2.75, 3.05) is 92.4 Å². The molecule has 1 unspecified atom stereocenters. The second kappa shape index (κ2) is 21.7. The van der Waals surface area contributed by atoms with Gasteiger partial charge in [0.1, 0.15) is 6.61 Å². The summed E-state index contributed by atoms with van der Waals surface area (Å²) in [7, 11) is -4.43. The Labute approximate surface area is 307 Å². The highest BCUT2D eigenvalue weighted by Crippen LogP contribution is 2.67. The van der Waals surface area contributed by atoms with Gasteiger partial charge in [-0.2, -0.15) is 8.42 Å². The highest BCUT2D eigenvalue weighted by molar-refractivity contribution is 7.80. The van der Waals surface area contributed by atoms with Crippen LogP contribution in [-0.4, -0.2) is 112 Å². The number of terminal acetylenes is 1. The summed E-state index contributed by atoms with van der Waals surface area (Å²) < 4.78 is 69.5. The molecule has 294 valence electrons. The van der Waals surface area contributed by atoms with E-state index in [1.807, 2.05) is 0 Å². The second-order valence-electron chi connectivity index (χ2n) is 15.2. The lowest BCUT2D eigenvalue weighted by Crippen LogP contribution is -2.51. The number of nitrogens with one attached hydrogen (secondary N) is 1. The molecule has 0 amide bonds. The SMILES string of the molecule is C#CCOCCOCCOCCOCCOCCOCCNOCCC(C)[C@H]1CC[C@H]2[C@@H]3CC=C4C[C@@H](OS(=O)(=O)O)CC[C@]4(C)[C@H]3CC[C@]12C. The van der Waals surface area contributed by atoms with Crippen LogP contribution in [0.5, 0.6) is 0 Å². The molecule has 3 fully saturated rings. The lowest BCUT2D eigenvalue weighted by Gasteiger charge is -2.58. The molecule has 0 aromatic heterocycles. The topological polar surface area (TPSA) is 140 Å². The molecule has 4 aliphatic rings. The summed E-state index contributed by atoms with van der Waals surface area (Å²) in [5.74, 6) is 5.75. The average Bonchev–Trinajstić information content (AvgIpc) is 3.45. The van der Waals surface area contributed by atoms with Gasteiger partial charge in [-0.1, -0.05) is 38.3 Å². The van der Waals surface area contributed by atoms with Crippen LogP contribution in [0.4, 0.5) is 0 Å². The minimum atomic E-state index is -4.43. The third-order valence-corrected chi connectivity index (χ3v) is 12.8. The van der Waals surface area contributed by atoms with Crippen LogP contribution in [0.2, 0.25) is 0 Å². The molecule has 0 aromatic carbocycles. The summed E-state index contributed by atoms with van der Waals surface area (Å²) in [6.07, 6.45) is 16.4. The zero-order chi connectivity index (χ0) is 36.6. The van der Waals surface area contributed by atoms with Gasteiger partial charge in [0.15, 0.2) is 0 Å². The van der Waals surface area contributed by atoms with E-state index in [9.17, 15) is 13.0 Å². The van der Waals surface area contributed by atoms with Crippen LogP contribution >= 0.6 is 0 Å². The second-order valence-corrected chi connectivity index (χ2v) is 16.3. The molecule has 13 heteroatoms. The van der Waals surface area contributed by atoms with Crippen LogP contribution in [0.15, 0.2) is 11.6 Å². The van der Waals surface area contributed by atoms with Gasteiger partial charge in [0.05, 0.1) is 85.4 Å². The fourth-order valence-corrected chi connectivity index (χ4v) is 10.3. The maximum atomic E-state index is 11.3. The highest BCUT2D eigenvalue weighted by Gasteiger charge is 2.59. The summed E-state index contributed by atoms with van der Waals surface area (Å²) >= 11 is 0. The Morgan fingerprint density at radius 3 is 2.06 bits per heavy atom. The highest BCUT2D eigenvalue weighted by atomic mass is 32.3. The van der Waals surface area contributed by atoms with Crippen LogP contribution < -0.4 is 5.48 Å². The van der Waals surface area contributed by atoms with Gasteiger partial charge in [-0.3, -0.25) is 4.55 Å². The van der Waals surface area contributed by atoms with Crippen molar-refractivity contribution in [2.45, 2.75) is 84.7 Å². The monoisotopic (exact) mass is 743 g/mol. The summed E-state index contributed by atoms with van der Waals surface area (Å²) in [5, 5.41) is 0. The molecule has 0 heterocycles. The zero-order valence-electron chi connectivity index (χ0n) is 31.3. The Balaban J connectivity index is 0.987. The van der Waals surface area contributed by atoms with Gasteiger partial charge in [-0.15, -0.1) is 6.42 Å². The van der Waals surface area contributed by atoms with Gasteiger partial charge in [0, 0.05) is 6.54 Å². The zero-order valence-corrected chi connectivity index (χ0v) is 32.1. The van der Waals surface area contributed by atoms with Crippen molar-refractivity contribution in [2.24, 2.45) is 40.4 Å². The van der Waals surface area contributed by atoms with E-state index >= 15 is 0 Å². The molecule has 0 aromatic rings. The number of allylic oxidation sites excluding steroid dienone is 1. The van der Waals surface area contributed by atoms with Crippen molar-refractivity contribution in [3.05, 3.63) is 11.6 Å². The molecule has 0 radical (unpaired) electrons. The molecular weight excluding hydrogens is 678 g/mol. The number of ether oxygens (including phenoxy) is 6. The molecule has 4 rings (SSSR count). The average molecular weight is 744 g/mol. The Kier molecular flexibility index (Phi) is 18.1. The molecule has 0 saturated heterocycles. The van der Waals surface area contributed by atoms with E-state index in [0.717, 1.165) is 25.2 Å². The third kappa shape index (κ3) is 13.0. The first-order chi connectivity index (χ1) is 24.6. The molecule has 0 spiro atoms. The number of hydrogen-bond donors (Lipinski definition) is 2. The van der Waals surface area contributed by atoms with E-state index < -0.39 is 16.5 Å². The summed E-state index contributed by atoms with van der Waals surface area (Å²) in [6.45, 7) is 14.7. The fourth-order valence-electron chi connectivity index (χ4n) is 9.79. The first-order valence-corrected chi connectivity index (χ1v) is 20.5. The van der Waals surface area contributed by atoms with Crippen LogP contribution in [0.3, 0.4) is 0 Å². The first-order valence-electron chi connectivity index (χ1n) is 19.2. The van der Waals surface area contributed by atoms with Crippen LogP contribution in [-0.2, 0) is 47.8 Å². The predicted octanol–water partition coefficient (Wildman–Crippen LogP) is 5.03. The molecular formula is C38H65NO11S. The molecule has 12 nitrogen and oxygen atoms in total. The first kappa shape index (κ1) is 42.6. The van der Waals surface area contributed by atoms with Gasteiger partial charge in [0.2, 0.25) is 0 Å². The molecule has 51 heavy (non-hydrogen) atoms. The minimum absolute atomic E-state index is 0.103. The summed E-state index contributed by atoms with van der Waals surface area (Å²) in [4.78, 5) is 5.79. The minimum Gasteiger partial charge on any atom is -0.378 e. The van der Waals surface area contributed by atoms with Crippen molar-refractivity contribution >= 4 is 10.4 Å². The normalized spacial score (nSPS) is 31.0. The van der Waals surface area contributed by atoms with Crippen molar-refractivity contribution in [3.63, 3.8) is 0 Å². The lowest BCUT2D eigenvalue weighted by atomic mass is 9.47. The predicted molar refractivity (Wildman–Crippen MR) is 193 cm³/mol. The smallest absolute Gasteiger partial charge is 0.378 e. The number of hydrogen-bond acceptors (Lipinski definition) is 11. The third-order valence-electron chi connectivity index (χ3n) is 12.2. The van der Waals surface area contributed by atoms with E-state index in [0.29, 0.717) is 134 Å². The summed E-state index contributed by atoms with van der Waals surface area (Å²) in [5.41, 5.74) is 4.86. The molecule has 3 saturated carbocycles. The Bertz CT molecular complexity index is 1190. The van der Waals surface area contributed by atoms with Gasteiger partial charge in [-0.05, 0) is 98.2 Å². The molecule has 0 bridgehead atoms. The Morgan fingerprint density at radius 1 is 0.843 bits per heavy atom. The molecule has 8 atom stereocenters. The Hall–Kier alpha value is -1.15. The van der Waals surface area contributed by atoms with Crippen molar-refractivity contribution in [3.8, 4) is 12.3 Å². The van der Waals surface area contributed by atoms with E-state index in [4.69, 9.17) is 43.9 Å². The van der Waals surface area contributed by atoms with Gasteiger partial charge in [0.25, 0.3) is 0 Å². The van der Waals surface area contributed by atoms with Gasteiger partial charge >= 0.3 is 10.4 Å². The van der Waals surface area contributed by atoms with Crippen molar-refractivity contribution < 1.29 is 50.4 Å². The maximum absolute atomic E-state index is 11.3. The lowest BCUT2D eigenvalue weighted by molar-refractivity contribution is -0.0592. The summed E-state index contributed by atoms with van der Waals surface area (Å²) in [6, 6.07) is 0. The fraction of sp³-hybridized carbons (Fsp3) is 0.895. The molecule has 0 aliphatic heterocycles. The number of rotatable bonds is 26. The van der Waals surface area contributed by atoms with E-state index in [-0.39, 0.29) is 5.41 Å². The maximum Gasteiger partial charge on any atom is 0.397 e. The number of fused-ring (bicyclic) bond motifs is 5. The van der Waals surface area contributed by atoms with Crippen LogP contribution in [0.1, 0.15) is 78.6 Å². The van der Waals surface area contributed by atoms with Gasteiger partial charge in [-0.25, -0.2) is 9.66 Å². The van der Waals surface area contributed by atoms with E-state index in [1.165, 1.54) is 31.3 Å². The van der Waals surface area contributed by atoms with Gasteiger partial charge < -0.3 is 33.3 Å². The quantitative estimate of drug-likeness (QED) is 0.0404. The standard InChI is InChI=1S/C38H65NO11S/c1-5-16-43-19-21-45-23-25-47-27-28-48-26-24-46-22-20-44-18-15-39-49-17-12-30(2)34-8-9-35-33-7-6-31-29-32(50-51(40,41)42)10-13-37(31,3)36(33)11-14-38(34,35)4/h1,6,30,32-36,39H,7-29H2,2-4H3,(H,40,41,42)/t30?,32-,33-,34+,35-,36-,37-,38+/m0/s1. The van der Waals surface area contributed by atoms with Crippen molar-refractivity contribution in [1.29, 1.82) is 0 Å². The number of hydroxylamine groups is 1. The van der Waals surface area contributed by atoms with Crippen LogP contribution in [0, 0.1) is 52.8 Å². The van der Waals surface area contributed by atoms with Crippen LogP contribution in [0.25, 0.3) is 0 Å². The molecule has 2 N–H and O–H groups in total. The van der Waals surface area contributed by atoms with Crippen molar-refractivity contribution in [1.82, 2.24) is 5.48 Å². The van der Waals surface area contributed by atoms with E-state index in [1.54, 1.807) is 0 Å². The largest absolute Gasteiger partial charge is 0.397 e. The van der Waals surface area contributed by atoms with E-state index in [2.05, 4.69) is 38.2 Å². The Morgan fingerprint density at radius 2 is 1.45 bits per heavy atom. The molecule has 4 aliphatic carbocycles.